The van der Waals surface area contributed by atoms with E-state index in [1.54, 1.807) is 0 Å². The standard InChI is InChI=1S/C9H10F4N2S/c10-7(5-2-1-3-14-5)6-4-15-8(16-6)9(11,12)13/h4-5,7,14H,1-3H2. The number of nitrogens with one attached hydrogen (secondary N) is 1. The number of hydrogen-bond donors (Lipinski definition) is 1. The quantitative estimate of drug-likeness (QED) is 0.821. The molecular formula is C9H10F4N2S. The van der Waals surface area contributed by atoms with Gasteiger partial charge in [-0.15, -0.1) is 11.3 Å². The molecule has 2 atom stereocenters. The average molecular weight is 254 g/mol. The van der Waals surface area contributed by atoms with Gasteiger partial charge in [-0.05, 0) is 19.4 Å². The molecule has 2 unspecified atom stereocenters. The van der Waals surface area contributed by atoms with Gasteiger partial charge in [0.2, 0.25) is 0 Å². The van der Waals surface area contributed by atoms with Crippen LogP contribution in [0.4, 0.5) is 17.6 Å². The second-order valence-electron chi connectivity index (χ2n) is 3.67. The molecule has 1 fully saturated rings. The van der Waals surface area contributed by atoms with Gasteiger partial charge in [-0.3, -0.25) is 0 Å². The highest BCUT2D eigenvalue weighted by Crippen LogP contribution is 2.37. The predicted molar refractivity (Wildman–Crippen MR) is 52.0 cm³/mol. The van der Waals surface area contributed by atoms with Crippen molar-refractivity contribution < 1.29 is 17.6 Å². The van der Waals surface area contributed by atoms with Crippen molar-refractivity contribution in [2.24, 2.45) is 0 Å². The highest BCUT2D eigenvalue weighted by Gasteiger charge is 2.36. The molecule has 2 heterocycles. The molecule has 90 valence electrons. The molecule has 2 rings (SSSR count). The second-order valence-corrected chi connectivity index (χ2v) is 4.73. The summed E-state index contributed by atoms with van der Waals surface area (Å²) < 4.78 is 50.5. The molecule has 16 heavy (non-hydrogen) atoms. The van der Waals surface area contributed by atoms with Crippen LogP contribution in [0.3, 0.4) is 0 Å². The molecule has 0 amide bonds. The Morgan fingerprint density at radius 2 is 2.25 bits per heavy atom. The van der Waals surface area contributed by atoms with Gasteiger partial charge in [-0.25, -0.2) is 9.37 Å². The van der Waals surface area contributed by atoms with Crippen LogP contribution in [0.2, 0.25) is 0 Å². The van der Waals surface area contributed by atoms with E-state index < -0.39 is 17.4 Å². The van der Waals surface area contributed by atoms with Crippen molar-refractivity contribution in [1.82, 2.24) is 10.3 Å². The van der Waals surface area contributed by atoms with Gasteiger partial charge in [0.05, 0.1) is 4.88 Å². The van der Waals surface area contributed by atoms with Crippen molar-refractivity contribution in [1.29, 1.82) is 0 Å². The Bertz CT molecular complexity index is 357. The predicted octanol–water partition coefficient (Wildman–Crippen LogP) is 2.92. The summed E-state index contributed by atoms with van der Waals surface area (Å²) >= 11 is 0.384. The summed E-state index contributed by atoms with van der Waals surface area (Å²) in [6.07, 6.45) is -3.38. The van der Waals surface area contributed by atoms with E-state index in [2.05, 4.69) is 10.3 Å². The lowest BCUT2D eigenvalue weighted by Gasteiger charge is -2.13. The van der Waals surface area contributed by atoms with Gasteiger partial charge in [0, 0.05) is 12.2 Å². The van der Waals surface area contributed by atoms with Crippen LogP contribution in [0, 0.1) is 0 Å². The molecule has 0 bridgehead atoms. The lowest BCUT2D eigenvalue weighted by Crippen LogP contribution is -2.25. The normalized spacial score (nSPS) is 23.6. The maximum absolute atomic E-state index is 13.8. The molecule has 1 N–H and O–H groups in total. The van der Waals surface area contributed by atoms with Crippen LogP contribution in [-0.4, -0.2) is 17.6 Å². The summed E-state index contributed by atoms with van der Waals surface area (Å²) in [7, 11) is 0. The molecule has 1 aromatic heterocycles. The summed E-state index contributed by atoms with van der Waals surface area (Å²) in [6, 6.07) is -0.374. The maximum Gasteiger partial charge on any atom is 0.443 e. The fraction of sp³-hybridized carbons (Fsp3) is 0.667. The molecule has 1 aliphatic heterocycles. The molecule has 7 heteroatoms. The largest absolute Gasteiger partial charge is 0.443 e. The summed E-state index contributed by atoms with van der Waals surface area (Å²) in [5.74, 6) is 0. The lowest BCUT2D eigenvalue weighted by atomic mass is 10.1. The Morgan fingerprint density at radius 1 is 1.50 bits per heavy atom. The van der Waals surface area contributed by atoms with Crippen LogP contribution in [-0.2, 0) is 6.18 Å². The van der Waals surface area contributed by atoms with Crippen molar-refractivity contribution in [2.45, 2.75) is 31.2 Å². The zero-order valence-corrected chi connectivity index (χ0v) is 9.04. The van der Waals surface area contributed by atoms with Crippen LogP contribution < -0.4 is 5.32 Å². The van der Waals surface area contributed by atoms with Gasteiger partial charge in [0.1, 0.15) is 0 Å². The van der Waals surface area contributed by atoms with E-state index in [1.807, 2.05) is 0 Å². The fourth-order valence-corrected chi connectivity index (χ4v) is 2.53. The monoisotopic (exact) mass is 254 g/mol. The molecule has 1 saturated heterocycles. The van der Waals surface area contributed by atoms with Crippen molar-refractivity contribution >= 4 is 11.3 Å². The zero-order chi connectivity index (χ0) is 11.8. The van der Waals surface area contributed by atoms with E-state index in [9.17, 15) is 17.6 Å². The maximum atomic E-state index is 13.8. The van der Waals surface area contributed by atoms with Gasteiger partial charge in [-0.2, -0.15) is 13.2 Å². The molecule has 0 radical (unpaired) electrons. The minimum atomic E-state index is -4.48. The molecule has 0 aliphatic carbocycles. The molecule has 0 aromatic carbocycles. The van der Waals surface area contributed by atoms with Crippen LogP contribution >= 0.6 is 11.3 Å². The third-order valence-corrected chi connectivity index (χ3v) is 3.59. The molecule has 2 nitrogen and oxygen atoms in total. The fourth-order valence-electron chi connectivity index (χ4n) is 1.70. The van der Waals surface area contributed by atoms with E-state index in [1.165, 1.54) is 0 Å². The first-order valence-electron chi connectivity index (χ1n) is 4.89. The van der Waals surface area contributed by atoms with Crippen LogP contribution in [0.5, 0.6) is 0 Å². The number of halogens is 4. The lowest BCUT2D eigenvalue weighted by molar-refractivity contribution is -0.137. The Labute approximate surface area is 93.7 Å². The number of aromatic nitrogens is 1. The Morgan fingerprint density at radius 3 is 2.75 bits per heavy atom. The van der Waals surface area contributed by atoms with Gasteiger partial charge in [0.15, 0.2) is 11.2 Å². The van der Waals surface area contributed by atoms with Gasteiger partial charge in [0.25, 0.3) is 0 Å². The molecule has 1 aliphatic rings. The Kier molecular flexibility index (Phi) is 3.16. The number of hydrogen-bond acceptors (Lipinski definition) is 3. The third kappa shape index (κ3) is 2.35. The SMILES string of the molecule is FC(c1cnc(C(F)(F)F)s1)C1CCCN1. The highest BCUT2D eigenvalue weighted by atomic mass is 32.1. The van der Waals surface area contributed by atoms with E-state index >= 15 is 0 Å². The van der Waals surface area contributed by atoms with E-state index in [0.29, 0.717) is 17.8 Å². The smallest absolute Gasteiger partial charge is 0.311 e. The van der Waals surface area contributed by atoms with Gasteiger partial charge < -0.3 is 5.32 Å². The Balaban J connectivity index is 2.12. The molecule has 1 aromatic rings. The summed E-state index contributed by atoms with van der Waals surface area (Å²) in [5.41, 5.74) is 0. The minimum absolute atomic E-state index is 0.0479. The Hall–Kier alpha value is -0.690. The topological polar surface area (TPSA) is 24.9 Å². The number of thiazole rings is 1. The minimum Gasteiger partial charge on any atom is -0.311 e. The average Bonchev–Trinajstić information content (AvgIpc) is 2.87. The van der Waals surface area contributed by atoms with Crippen LogP contribution in [0.1, 0.15) is 28.9 Å². The van der Waals surface area contributed by atoms with Crippen molar-refractivity contribution in [3.63, 3.8) is 0 Å². The first-order chi connectivity index (χ1) is 7.48. The van der Waals surface area contributed by atoms with Crippen molar-refractivity contribution in [3.8, 4) is 0 Å². The van der Waals surface area contributed by atoms with E-state index in [4.69, 9.17) is 0 Å². The van der Waals surface area contributed by atoms with Crippen LogP contribution in [0.25, 0.3) is 0 Å². The van der Waals surface area contributed by atoms with Gasteiger partial charge >= 0.3 is 6.18 Å². The number of alkyl halides is 4. The first-order valence-corrected chi connectivity index (χ1v) is 5.70. The second kappa shape index (κ2) is 4.29. The number of rotatable bonds is 2. The third-order valence-electron chi connectivity index (χ3n) is 2.49. The summed E-state index contributed by atoms with van der Waals surface area (Å²) in [6.45, 7) is 0.718. The molecule has 0 spiro atoms. The first kappa shape index (κ1) is 11.8. The zero-order valence-electron chi connectivity index (χ0n) is 8.22. The molecule has 0 saturated carbocycles. The van der Waals surface area contributed by atoms with E-state index in [-0.39, 0.29) is 10.9 Å². The summed E-state index contributed by atoms with van der Waals surface area (Å²) in [4.78, 5) is 3.25. The van der Waals surface area contributed by atoms with Gasteiger partial charge in [-0.1, -0.05) is 0 Å². The van der Waals surface area contributed by atoms with Crippen molar-refractivity contribution in [2.75, 3.05) is 6.54 Å². The molecular weight excluding hydrogens is 244 g/mol. The van der Waals surface area contributed by atoms with Crippen LogP contribution in [0.15, 0.2) is 6.20 Å². The van der Waals surface area contributed by atoms with E-state index in [0.717, 1.165) is 19.2 Å². The summed E-state index contributed by atoms with van der Waals surface area (Å²) in [5, 5.41) is 1.94. The van der Waals surface area contributed by atoms with Crippen molar-refractivity contribution in [3.05, 3.63) is 16.1 Å². The highest BCUT2D eigenvalue weighted by molar-refractivity contribution is 7.11. The number of nitrogens with zero attached hydrogens (tertiary/aromatic N) is 1.